The van der Waals surface area contributed by atoms with Gasteiger partial charge in [0.05, 0.1) is 22.9 Å². The van der Waals surface area contributed by atoms with E-state index < -0.39 is 11.9 Å². The molecule has 1 aromatic carbocycles. The van der Waals surface area contributed by atoms with Gasteiger partial charge in [-0.25, -0.2) is 4.39 Å². The third kappa shape index (κ3) is 4.11. The molecule has 3 atom stereocenters. The molecule has 1 aliphatic heterocycles. The van der Waals surface area contributed by atoms with Gasteiger partial charge in [0, 0.05) is 18.0 Å². The zero-order chi connectivity index (χ0) is 19.7. The summed E-state index contributed by atoms with van der Waals surface area (Å²) in [6.07, 6.45) is 3.41. The second kappa shape index (κ2) is 8.15. The maximum Gasteiger partial charge on any atom is 0.233 e. The van der Waals surface area contributed by atoms with Crippen molar-refractivity contribution in [2.45, 2.75) is 45.1 Å². The molecule has 1 saturated carbocycles. The Morgan fingerprint density at radius 3 is 2.37 bits per heavy atom. The van der Waals surface area contributed by atoms with Crippen LogP contribution < -0.4 is 5.32 Å². The third-order valence-corrected chi connectivity index (χ3v) is 6.00. The topological polar surface area (TPSA) is 66.5 Å². The summed E-state index contributed by atoms with van der Waals surface area (Å²) in [5, 5.41) is 2.88. The highest BCUT2D eigenvalue weighted by molar-refractivity contribution is 6.35. The monoisotopic (exact) mass is 414 g/mol. The number of nitrogens with one attached hydrogen (secondary N) is 1. The van der Waals surface area contributed by atoms with Crippen molar-refractivity contribution in [1.82, 2.24) is 10.2 Å². The second-order valence-corrected chi connectivity index (χ2v) is 7.97. The van der Waals surface area contributed by atoms with Crippen LogP contribution in [0.1, 0.15) is 50.6 Å². The van der Waals surface area contributed by atoms with Crippen LogP contribution in [0.3, 0.4) is 0 Å². The number of likely N-dealkylation sites (tertiary alicyclic amines) is 1. The lowest BCUT2D eigenvalue weighted by molar-refractivity contribution is -0.140. The van der Waals surface area contributed by atoms with Gasteiger partial charge in [0.1, 0.15) is 5.82 Å². The Morgan fingerprint density at radius 2 is 1.78 bits per heavy atom. The number of rotatable bonds is 5. The maximum absolute atomic E-state index is 13.7. The minimum absolute atomic E-state index is 0.00501. The minimum Gasteiger partial charge on any atom is -0.349 e. The van der Waals surface area contributed by atoms with Crippen molar-refractivity contribution in [1.29, 1.82) is 0 Å². The Bertz CT molecular complexity index is 762. The van der Waals surface area contributed by atoms with Crippen LogP contribution in [0.15, 0.2) is 12.1 Å². The summed E-state index contributed by atoms with van der Waals surface area (Å²) in [6.45, 7) is 1.74. The van der Waals surface area contributed by atoms with Crippen molar-refractivity contribution in [3.05, 3.63) is 33.6 Å². The Morgan fingerprint density at radius 1 is 1.19 bits per heavy atom. The number of benzene rings is 1. The summed E-state index contributed by atoms with van der Waals surface area (Å²) in [6, 6.07) is 1.94. The lowest BCUT2D eigenvalue weighted by Gasteiger charge is -2.19. The van der Waals surface area contributed by atoms with E-state index in [0.717, 1.165) is 25.7 Å². The van der Waals surface area contributed by atoms with Gasteiger partial charge in [-0.05, 0) is 37.5 Å². The molecule has 0 bridgehead atoms. The summed E-state index contributed by atoms with van der Waals surface area (Å²) >= 11 is 11.8. The van der Waals surface area contributed by atoms with Crippen molar-refractivity contribution in [3.8, 4) is 0 Å². The molecule has 5 nitrogen and oxygen atoms in total. The van der Waals surface area contributed by atoms with Gasteiger partial charge >= 0.3 is 0 Å². The first-order chi connectivity index (χ1) is 12.8. The van der Waals surface area contributed by atoms with E-state index in [-0.39, 0.29) is 52.6 Å². The zero-order valence-electron chi connectivity index (χ0n) is 14.9. The van der Waals surface area contributed by atoms with Crippen LogP contribution in [0.5, 0.6) is 0 Å². The molecule has 1 heterocycles. The van der Waals surface area contributed by atoms with E-state index in [1.807, 2.05) is 0 Å². The van der Waals surface area contributed by atoms with E-state index in [0.29, 0.717) is 5.56 Å². The van der Waals surface area contributed by atoms with Crippen molar-refractivity contribution in [2.75, 3.05) is 6.54 Å². The largest absolute Gasteiger partial charge is 0.349 e. The SMILES string of the molecule is C[C@H](NC(=O)CCN1C(=O)[C@H]2CCCC[C@@H]2C1=O)c1cc(F)c(Cl)cc1Cl. The van der Waals surface area contributed by atoms with Crippen LogP contribution in [0.25, 0.3) is 0 Å². The smallest absolute Gasteiger partial charge is 0.233 e. The lowest BCUT2D eigenvalue weighted by atomic mass is 9.81. The molecule has 3 amide bonds. The van der Waals surface area contributed by atoms with Crippen LogP contribution in [0.2, 0.25) is 10.0 Å². The second-order valence-electron chi connectivity index (χ2n) is 7.15. The maximum atomic E-state index is 13.7. The van der Waals surface area contributed by atoms with E-state index in [1.54, 1.807) is 6.92 Å². The highest BCUT2D eigenvalue weighted by Crippen LogP contribution is 2.38. The molecule has 146 valence electrons. The molecule has 27 heavy (non-hydrogen) atoms. The average molecular weight is 415 g/mol. The van der Waals surface area contributed by atoms with Crippen LogP contribution in [-0.2, 0) is 14.4 Å². The summed E-state index contributed by atoms with van der Waals surface area (Å²) < 4.78 is 13.7. The Kier molecular flexibility index (Phi) is 6.06. The van der Waals surface area contributed by atoms with Crippen LogP contribution in [0, 0.1) is 17.7 Å². The fraction of sp³-hybridized carbons (Fsp3) is 0.526. The number of nitrogens with zero attached hydrogens (tertiary/aromatic N) is 1. The van der Waals surface area contributed by atoms with Crippen LogP contribution >= 0.6 is 23.2 Å². The number of fused-ring (bicyclic) bond motifs is 1. The van der Waals surface area contributed by atoms with Gasteiger partial charge < -0.3 is 5.32 Å². The molecule has 0 aromatic heterocycles. The highest BCUT2D eigenvalue weighted by Gasteiger charge is 2.47. The number of hydrogen-bond acceptors (Lipinski definition) is 3. The highest BCUT2D eigenvalue weighted by atomic mass is 35.5. The van der Waals surface area contributed by atoms with E-state index in [2.05, 4.69) is 5.32 Å². The van der Waals surface area contributed by atoms with Crippen LogP contribution in [-0.4, -0.2) is 29.2 Å². The van der Waals surface area contributed by atoms with Gasteiger partial charge in [-0.2, -0.15) is 0 Å². The number of carbonyl (C=O) groups is 3. The van der Waals surface area contributed by atoms with Gasteiger partial charge in [-0.3, -0.25) is 19.3 Å². The van der Waals surface area contributed by atoms with E-state index in [4.69, 9.17) is 23.2 Å². The molecule has 2 fully saturated rings. The average Bonchev–Trinajstić information content (AvgIpc) is 2.87. The molecule has 1 aromatic rings. The molecule has 3 rings (SSSR count). The summed E-state index contributed by atoms with van der Waals surface area (Å²) in [5.41, 5.74) is 0.409. The normalized spacial score (nSPS) is 23.3. The van der Waals surface area contributed by atoms with Gasteiger partial charge in [0.2, 0.25) is 17.7 Å². The predicted molar refractivity (Wildman–Crippen MR) is 99.8 cm³/mol. The fourth-order valence-corrected chi connectivity index (χ4v) is 4.47. The first-order valence-corrected chi connectivity index (χ1v) is 9.84. The van der Waals surface area contributed by atoms with Crippen molar-refractivity contribution < 1.29 is 18.8 Å². The zero-order valence-corrected chi connectivity index (χ0v) is 16.4. The van der Waals surface area contributed by atoms with E-state index >= 15 is 0 Å². The number of hydrogen-bond donors (Lipinski definition) is 1. The molecule has 1 aliphatic carbocycles. The molecular weight excluding hydrogens is 394 g/mol. The molecule has 0 spiro atoms. The summed E-state index contributed by atoms with van der Waals surface area (Å²) in [7, 11) is 0. The molecule has 2 aliphatic rings. The van der Waals surface area contributed by atoms with Crippen molar-refractivity contribution in [2.24, 2.45) is 11.8 Å². The van der Waals surface area contributed by atoms with Gasteiger partial charge in [0.25, 0.3) is 0 Å². The minimum atomic E-state index is -0.618. The summed E-state index contributed by atoms with van der Waals surface area (Å²) in [5.74, 6) is -1.72. The number of amides is 3. The lowest BCUT2D eigenvalue weighted by Crippen LogP contribution is -2.36. The fourth-order valence-electron chi connectivity index (χ4n) is 3.93. The Hall–Kier alpha value is -1.66. The quantitative estimate of drug-likeness (QED) is 0.587. The van der Waals surface area contributed by atoms with E-state index in [9.17, 15) is 18.8 Å². The molecule has 1 N–H and O–H groups in total. The first kappa shape index (κ1) is 20.1. The first-order valence-electron chi connectivity index (χ1n) is 9.08. The van der Waals surface area contributed by atoms with Gasteiger partial charge in [-0.1, -0.05) is 36.0 Å². The van der Waals surface area contributed by atoms with Crippen molar-refractivity contribution >= 4 is 40.9 Å². The molecule has 1 saturated heterocycles. The Labute approximate surface area is 167 Å². The number of halogens is 3. The summed E-state index contributed by atoms with van der Waals surface area (Å²) in [4.78, 5) is 38.3. The van der Waals surface area contributed by atoms with Gasteiger partial charge in [0.15, 0.2) is 0 Å². The molecule has 0 unspecified atom stereocenters. The van der Waals surface area contributed by atoms with Crippen molar-refractivity contribution in [3.63, 3.8) is 0 Å². The third-order valence-electron chi connectivity index (χ3n) is 5.38. The van der Waals surface area contributed by atoms with E-state index in [1.165, 1.54) is 17.0 Å². The van der Waals surface area contributed by atoms with Crippen LogP contribution in [0.4, 0.5) is 4.39 Å². The molecule has 0 radical (unpaired) electrons. The predicted octanol–water partition coefficient (Wildman–Crippen LogP) is 3.88. The number of imide groups is 1. The standard InChI is InChI=1S/C19H21Cl2FN2O3/c1-10(13-8-16(22)15(21)9-14(13)20)23-17(25)6-7-24-18(26)11-4-2-3-5-12(11)19(24)27/h8-12H,2-7H2,1H3,(H,23,25)/t10-,11-,12-/m0/s1. The Balaban J connectivity index is 1.58. The number of carbonyl (C=O) groups excluding carboxylic acids is 3. The van der Waals surface area contributed by atoms with Gasteiger partial charge in [-0.15, -0.1) is 0 Å². The molecular formula is C19H21Cl2FN2O3. The molecule has 8 heteroatoms.